The van der Waals surface area contributed by atoms with Gasteiger partial charge in [0.25, 0.3) is 0 Å². The molecule has 2 rings (SSSR count). The molecule has 0 saturated carbocycles. The molecule has 1 unspecified atom stereocenters. The number of carbonyl (C=O) groups is 2. The Bertz CT molecular complexity index is 523. The van der Waals surface area contributed by atoms with Crippen LogP contribution in [-0.4, -0.2) is 58.0 Å². The third kappa shape index (κ3) is 4.14. The summed E-state index contributed by atoms with van der Waals surface area (Å²) in [4.78, 5) is 26.7. The summed E-state index contributed by atoms with van der Waals surface area (Å²) in [5.74, 6) is 0.294. The highest BCUT2D eigenvalue weighted by Crippen LogP contribution is 2.19. The predicted octanol–water partition coefficient (Wildman–Crippen LogP) is 2.50. The molecule has 114 valence electrons. The van der Waals surface area contributed by atoms with E-state index < -0.39 is 12.0 Å². The Hall–Kier alpha value is -1.21. The van der Waals surface area contributed by atoms with Gasteiger partial charge in [0.05, 0.1) is 0 Å². The fourth-order valence-corrected chi connectivity index (χ4v) is 3.49. The molecule has 1 aliphatic rings. The van der Waals surface area contributed by atoms with Crippen molar-refractivity contribution in [3.8, 4) is 0 Å². The highest BCUT2D eigenvalue weighted by molar-refractivity contribution is 9.10. The van der Waals surface area contributed by atoms with Crippen LogP contribution >= 0.6 is 27.7 Å². The van der Waals surface area contributed by atoms with Gasteiger partial charge in [0.1, 0.15) is 6.04 Å². The molecule has 2 amide bonds. The number of carboxylic acids is 1. The van der Waals surface area contributed by atoms with Crippen LogP contribution in [0.1, 0.15) is 5.56 Å². The number of thioether (sulfide) groups is 1. The van der Waals surface area contributed by atoms with Crippen molar-refractivity contribution in [1.29, 1.82) is 0 Å². The SMILES string of the molecule is CN(Cc1ccc(Br)cc1)C(=O)N1CCSCC1C(=O)O. The summed E-state index contributed by atoms with van der Waals surface area (Å²) < 4.78 is 0.985. The molecule has 1 aliphatic heterocycles. The third-order valence-corrected chi connectivity index (χ3v) is 4.87. The van der Waals surface area contributed by atoms with Gasteiger partial charge < -0.3 is 14.9 Å². The monoisotopic (exact) mass is 372 g/mol. The van der Waals surface area contributed by atoms with E-state index >= 15 is 0 Å². The number of nitrogens with zero attached hydrogens (tertiary/aromatic N) is 2. The van der Waals surface area contributed by atoms with Crippen molar-refractivity contribution in [2.24, 2.45) is 0 Å². The van der Waals surface area contributed by atoms with Gasteiger partial charge in [-0.15, -0.1) is 0 Å². The average Bonchev–Trinajstić information content (AvgIpc) is 2.48. The second-order valence-corrected chi connectivity index (χ2v) is 6.95. The van der Waals surface area contributed by atoms with E-state index in [1.54, 1.807) is 23.7 Å². The first-order valence-electron chi connectivity index (χ1n) is 6.56. The number of halogens is 1. The van der Waals surface area contributed by atoms with Crippen LogP contribution in [0.4, 0.5) is 4.79 Å². The molecule has 1 fully saturated rings. The van der Waals surface area contributed by atoms with Crippen LogP contribution in [0.3, 0.4) is 0 Å². The van der Waals surface area contributed by atoms with Crippen LogP contribution in [-0.2, 0) is 11.3 Å². The van der Waals surface area contributed by atoms with Crippen molar-refractivity contribution >= 4 is 39.7 Å². The minimum Gasteiger partial charge on any atom is -0.480 e. The standard InChI is InChI=1S/C14H17BrN2O3S/c1-16(8-10-2-4-11(15)5-3-10)14(20)17-6-7-21-9-12(17)13(18)19/h2-5,12H,6-9H2,1H3,(H,18,19). The smallest absolute Gasteiger partial charge is 0.327 e. The van der Waals surface area contributed by atoms with Crippen molar-refractivity contribution in [3.05, 3.63) is 34.3 Å². The van der Waals surface area contributed by atoms with E-state index in [0.29, 0.717) is 18.8 Å². The number of benzene rings is 1. The van der Waals surface area contributed by atoms with Gasteiger partial charge in [-0.25, -0.2) is 9.59 Å². The predicted molar refractivity (Wildman–Crippen MR) is 86.5 cm³/mol. The highest BCUT2D eigenvalue weighted by atomic mass is 79.9. The van der Waals surface area contributed by atoms with E-state index in [1.165, 1.54) is 4.90 Å². The molecular weight excluding hydrogens is 356 g/mol. The summed E-state index contributed by atoms with van der Waals surface area (Å²) in [6, 6.07) is 6.76. The zero-order valence-corrected chi connectivity index (χ0v) is 14.1. The second kappa shape index (κ2) is 7.17. The summed E-state index contributed by atoms with van der Waals surface area (Å²) >= 11 is 4.94. The maximum Gasteiger partial charge on any atom is 0.327 e. The average molecular weight is 373 g/mol. The molecule has 1 N–H and O–H groups in total. The van der Waals surface area contributed by atoms with Gasteiger partial charge in [0.2, 0.25) is 0 Å². The van der Waals surface area contributed by atoms with Gasteiger partial charge in [-0.3, -0.25) is 0 Å². The Kier molecular flexibility index (Phi) is 5.52. The lowest BCUT2D eigenvalue weighted by molar-refractivity contribution is -0.141. The van der Waals surface area contributed by atoms with Crippen LogP contribution in [0.15, 0.2) is 28.7 Å². The van der Waals surface area contributed by atoms with E-state index in [4.69, 9.17) is 0 Å². The molecule has 1 aromatic rings. The number of hydrogen-bond donors (Lipinski definition) is 1. The maximum absolute atomic E-state index is 12.5. The molecule has 1 aromatic carbocycles. The number of carboxylic acid groups (broad SMARTS) is 1. The fourth-order valence-electron chi connectivity index (χ4n) is 2.19. The molecule has 1 atom stereocenters. The molecule has 0 aliphatic carbocycles. The van der Waals surface area contributed by atoms with E-state index in [1.807, 2.05) is 24.3 Å². The molecule has 0 bridgehead atoms. The lowest BCUT2D eigenvalue weighted by Crippen LogP contribution is -2.53. The Labute approximate surface area is 136 Å². The normalized spacial score (nSPS) is 18.4. The van der Waals surface area contributed by atoms with Crippen molar-refractivity contribution < 1.29 is 14.7 Å². The zero-order chi connectivity index (χ0) is 15.4. The van der Waals surface area contributed by atoms with Crippen molar-refractivity contribution in [3.63, 3.8) is 0 Å². The molecule has 1 heterocycles. The van der Waals surface area contributed by atoms with Crippen LogP contribution < -0.4 is 0 Å². The van der Waals surface area contributed by atoms with Gasteiger partial charge >= 0.3 is 12.0 Å². The molecule has 0 radical (unpaired) electrons. The summed E-state index contributed by atoms with van der Waals surface area (Å²) in [6.07, 6.45) is 0. The maximum atomic E-state index is 12.5. The highest BCUT2D eigenvalue weighted by Gasteiger charge is 2.33. The third-order valence-electron chi connectivity index (χ3n) is 3.32. The van der Waals surface area contributed by atoms with Crippen LogP contribution in [0.5, 0.6) is 0 Å². The number of hydrogen-bond acceptors (Lipinski definition) is 3. The summed E-state index contributed by atoms with van der Waals surface area (Å²) in [7, 11) is 1.70. The largest absolute Gasteiger partial charge is 0.480 e. The first-order valence-corrected chi connectivity index (χ1v) is 8.50. The molecule has 1 saturated heterocycles. The number of aliphatic carboxylic acids is 1. The fraction of sp³-hybridized carbons (Fsp3) is 0.429. The Morgan fingerprint density at radius 2 is 2.10 bits per heavy atom. The molecule has 21 heavy (non-hydrogen) atoms. The number of rotatable bonds is 3. The van der Waals surface area contributed by atoms with Gasteiger partial charge in [-0.05, 0) is 17.7 Å². The molecular formula is C14H17BrN2O3S. The van der Waals surface area contributed by atoms with Crippen LogP contribution in [0, 0.1) is 0 Å². The first kappa shape index (κ1) is 16.2. The lowest BCUT2D eigenvalue weighted by Gasteiger charge is -2.35. The molecule has 0 aromatic heterocycles. The summed E-state index contributed by atoms with van der Waals surface area (Å²) in [6.45, 7) is 0.938. The zero-order valence-electron chi connectivity index (χ0n) is 11.7. The van der Waals surface area contributed by atoms with Gasteiger partial charge in [0, 0.05) is 36.1 Å². The number of amides is 2. The van der Waals surface area contributed by atoms with Crippen LogP contribution in [0.25, 0.3) is 0 Å². The van der Waals surface area contributed by atoms with Crippen LogP contribution in [0.2, 0.25) is 0 Å². The van der Waals surface area contributed by atoms with E-state index in [9.17, 15) is 14.7 Å². The topological polar surface area (TPSA) is 60.9 Å². The number of carbonyl (C=O) groups excluding carboxylic acids is 1. The van der Waals surface area contributed by atoms with Crippen molar-refractivity contribution in [2.75, 3.05) is 25.1 Å². The van der Waals surface area contributed by atoms with E-state index in [2.05, 4.69) is 15.9 Å². The molecule has 0 spiro atoms. The molecule has 5 nitrogen and oxygen atoms in total. The van der Waals surface area contributed by atoms with Crippen molar-refractivity contribution in [2.45, 2.75) is 12.6 Å². The summed E-state index contributed by atoms with van der Waals surface area (Å²) in [5, 5.41) is 9.23. The minimum absolute atomic E-state index is 0.231. The van der Waals surface area contributed by atoms with E-state index in [0.717, 1.165) is 15.8 Å². The Balaban J connectivity index is 2.03. The van der Waals surface area contributed by atoms with Gasteiger partial charge in [0.15, 0.2) is 0 Å². The van der Waals surface area contributed by atoms with Crippen molar-refractivity contribution in [1.82, 2.24) is 9.80 Å². The van der Waals surface area contributed by atoms with Gasteiger partial charge in [-0.1, -0.05) is 28.1 Å². The molecule has 7 heteroatoms. The number of urea groups is 1. The van der Waals surface area contributed by atoms with Gasteiger partial charge in [-0.2, -0.15) is 11.8 Å². The first-order chi connectivity index (χ1) is 9.99. The Morgan fingerprint density at radius 3 is 2.71 bits per heavy atom. The summed E-state index contributed by atoms with van der Waals surface area (Å²) in [5.41, 5.74) is 1.01. The lowest BCUT2D eigenvalue weighted by atomic mass is 10.2. The van der Waals surface area contributed by atoms with E-state index in [-0.39, 0.29) is 6.03 Å². The second-order valence-electron chi connectivity index (χ2n) is 4.89. The quantitative estimate of drug-likeness (QED) is 0.885. The Morgan fingerprint density at radius 1 is 1.43 bits per heavy atom. The minimum atomic E-state index is -0.937.